The van der Waals surface area contributed by atoms with Crippen LogP contribution in [0.25, 0.3) is 33.3 Å². The minimum Gasteiger partial charge on any atom is -0.478 e. The normalized spacial score (nSPS) is 11.6. The number of halogens is 3. The van der Waals surface area contributed by atoms with Gasteiger partial charge in [-0.1, -0.05) is 31.2 Å². The summed E-state index contributed by atoms with van der Waals surface area (Å²) in [6.45, 7) is 6.62. The second-order valence-corrected chi connectivity index (χ2v) is 9.84. The highest BCUT2D eigenvalue weighted by Crippen LogP contribution is 2.39. The van der Waals surface area contributed by atoms with E-state index in [1.165, 1.54) is 6.07 Å². The number of benzene rings is 2. The van der Waals surface area contributed by atoms with E-state index in [4.69, 9.17) is 14.4 Å². The maximum atomic E-state index is 14.3. The van der Waals surface area contributed by atoms with Crippen molar-refractivity contribution in [3.05, 3.63) is 79.6 Å². The third kappa shape index (κ3) is 3.87. The summed E-state index contributed by atoms with van der Waals surface area (Å²) in [7, 11) is 0. The summed E-state index contributed by atoms with van der Waals surface area (Å²) in [6.07, 6.45) is 0.756. The number of carbonyl (C=O) groups is 1. The number of aromatic nitrogens is 3. The molecule has 0 aliphatic heterocycles. The predicted molar refractivity (Wildman–Crippen MR) is 139 cm³/mol. The van der Waals surface area contributed by atoms with E-state index < -0.39 is 17.3 Å². The number of aromatic carboxylic acids is 1. The number of pyridine rings is 1. The number of nitrogens with zero attached hydrogens (tertiary/aromatic N) is 3. The molecule has 2 aromatic carbocycles. The van der Waals surface area contributed by atoms with Gasteiger partial charge >= 0.3 is 5.97 Å². The molecule has 0 saturated carbocycles. The van der Waals surface area contributed by atoms with Gasteiger partial charge in [0.15, 0.2) is 10.3 Å². The molecule has 0 aliphatic rings. The fourth-order valence-electron chi connectivity index (χ4n) is 4.44. The average molecular weight is 601 g/mol. The molecular formula is C26H20Br2FN3O3. The van der Waals surface area contributed by atoms with Crippen LogP contribution < -0.4 is 0 Å². The van der Waals surface area contributed by atoms with Crippen LogP contribution in [0.3, 0.4) is 0 Å². The van der Waals surface area contributed by atoms with Crippen molar-refractivity contribution in [3.63, 3.8) is 0 Å². The Morgan fingerprint density at radius 3 is 2.63 bits per heavy atom. The van der Waals surface area contributed by atoms with Crippen molar-refractivity contribution in [3.8, 4) is 11.3 Å². The minimum atomic E-state index is -1.35. The fourth-order valence-corrected chi connectivity index (χ4v) is 5.20. The molecule has 1 N–H and O–H groups in total. The third-order valence-electron chi connectivity index (χ3n) is 6.16. The Balaban J connectivity index is 1.63. The van der Waals surface area contributed by atoms with Gasteiger partial charge in [-0.15, -0.1) is 0 Å². The van der Waals surface area contributed by atoms with Gasteiger partial charge in [-0.25, -0.2) is 19.2 Å². The lowest BCUT2D eigenvalue weighted by molar-refractivity contribution is 0.0692. The highest BCUT2D eigenvalue weighted by atomic mass is 79.9. The molecule has 0 radical (unpaired) electrons. The van der Waals surface area contributed by atoms with E-state index in [1.807, 2.05) is 32.0 Å². The second kappa shape index (κ2) is 8.87. The van der Waals surface area contributed by atoms with Crippen LogP contribution in [0.4, 0.5) is 4.39 Å². The third-order valence-corrected chi connectivity index (χ3v) is 7.91. The first kappa shape index (κ1) is 23.7. The van der Waals surface area contributed by atoms with Gasteiger partial charge in [-0.2, -0.15) is 0 Å². The molecule has 5 aromatic rings. The van der Waals surface area contributed by atoms with Crippen molar-refractivity contribution >= 4 is 59.8 Å². The summed E-state index contributed by atoms with van der Waals surface area (Å²) < 4.78 is 23.7. The van der Waals surface area contributed by atoms with Crippen molar-refractivity contribution in [1.82, 2.24) is 14.5 Å². The number of carboxylic acids is 1. The van der Waals surface area contributed by atoms with Crippen molar-refractivity contribution in [1.29, 1.82) is 0 Å². The van der Waals surface area contributed by atoms with E-state index in [1.54, 1.807) is 6.07 Å². The molecule has 0 bridgehead atoms. The molecule has 0 unspecified atom stereocenters. The maximum absolute atomic E-state index is 14.3. The first-order valence-corrected chi connectivity index (χ1v) is 12.5. The zero-order valence-corrected chi connectivity index (χ0v) is 22.3. The van der Waals surface area contributed by atoms with Gasteiger partial charge in [0.1, 0.15) is 28.5 Å². The molecule has 0 spiro atoms. The molecule has 6 nitrogen and oxygen atoms in total. The number of hydrogen-bond acceptors (Lipinski definition) is 4. The van der Waals surface area contributed by atoms with Gasteiger partial charge in [-0.3, -0.25) is 0 Å². The summed E-state index contributed by atoms with van der Waals surface area (Å²) in [4.78, 5) is 21.3. The molecule has 3 heterocycles. The van der Waals surface area contributed by atoms with Crippen molar-refractivity contribution in [2.45, 2.75) is 33.7 Å². The highest BCUT2D eigenvalue weighted by Gasteiger charge is 2.23. The Hall–Kier alpha value is -3.04. The summed E-state index contributed by atoms with van der Waals surface area (Å²) in [6, 6.07) is 9.95. The van der Waals surface area contributed by atoms with E-state index in [2.05, 4.69) is 43.4 Å². The number of imidazole rings is 1. The molecule has 0 saturated heterocycles. The van der Waals surface area contributed by atoms with Gasteiger partial charge in [0, 0.05) is 27.2 Å². The smallest absolute Gasteiger partial charge is 0.339 e. The largest absolute Gasteiger partial charge is 0.478 e. The van der Waals surface area contributed by atoms with Gasteiger partial charge in [0.25, 0.3) is 0 Å². The second-order valence-electron chi connectivity index (χ2n) is 8.33. The zero-order chi connectivity index (χ0) is 25.0. The molecular weight excluding hydrogens is 581 g/mol. The van der Waals surface area contributed by atoms with Crippen LogP contribution in [-0.2, 0) is 13.0 Å². The Kier molecular flexibility index (Phi) is 6.01. The lowest BCUT2D eigenvalue weighted by Crippen LogP contribution is -2.06. The molecule has 35 heavy (non-hydrogen) atoms. The maximum Gasteiger partial charge on any atom is 0.339 e. The number of carboxylic acid groups (broad SMARTS) is 1. The Morgan fingerprint density at radius 1 is 1.14 bits per heavy atom. The van der Waals surface area contributed by atoms with E-state index in [0.29, 0.717) is 22.4 Å². The van der Waals surface area contributed by atoms with Crippen LogP contribution in [0.5, 0.6) is 0 Å². The van der Waals surface area contributed by atoms with Crippen molar-refractivity contribution in [2.24, 2.45) is 0 Å². The first-order chi connectivity index (χ1) is 16.7. The Labute approximate surface area is 217 Å². The van der Waals surface area contributed by atoms with E-state index in [-0.39, 0.29) is 5.56 Å². The van der Waals surface area contributed by atoms with Crippen LogP contribution in [-0.4, -0.2) is 25.6 Å². The molecule has 0 amide bonds. The van der Waals surface area contributed by atoms with E-state index >= 15 is 0 Å². The zero-order valence-electron chi connectivity index (χ0n) is 19.1. The van der Waals surface area contributed by atoms with Crippen LogP contribution in [0.15, 0.2) is 50.0 Å². The number of rotatable bonds is 5. The summed E-state index contributed by atoms with van der Waals surface area (Å²) in [5, 5.41) is 11.0. The molecule has 0 atom stereocenters. The molecule has 178 valence electrons. The molecule has 9 heteroatoms. The van der Waals surface area contributed by atoms with E-state index in [9.17, 15) is 14.3 Å². The van der Waals surface area contributed by atoms with Crippen molar-refractivity contribution < 1.29 is 18.7 Å². The van der Waals surface area contributed by atoms with Gasteiger partial charge in [-0.05, 0) is 69.0 Å². The number of hydrogen-bond donors (Lipinski definition) is 1. The van der Waals surface area contributed by atoms with Gasteiger partial charge < -0.3 is 14.1 Å². The van der Waals surface area contributed by atoms with Gasteiger partial charge in [0.2, 0.25) is 0 Å². The number of fused-ring (bicyclic) bond motifs is 2. The van der Waals surface area contributed by atoms with Crippen LogP contribution in [0.2, 0.25) is 0 Å². The summed E-state index contributed by atoms with van der Waals surface area (Å²) >= 11 is 7.07. The van der Waals surface area contributed by atoms with E-state index in [0.717, 1.165) is 56.2 Å². The van der Waals surface area contributed by atoms with Crippen LogP contribution in [0, 0.1) is 19.7 Å². The topological polar surface area (TPSA) is 81.2 Å². The van der Waals surface area contributed by atoms with Crippen LogP contribution >= 0.6 is 31.9 Å². The predicted octanol–water partition coefficient (Wildman–Crippen LogP) is 7.43. The molecule has 3 aromatic heterocycles. The average Bonchev–Trinajstić information content (AvgIpc) is 3.34. The minimum absolute atomic E-state index is 0.190. The lowest BCUT2D eigenvalue weighted by atomic mass is 10.0. The standard InChI is InChI=1S/C26H20Br2FN3O3/c1-4-19-31-22-12(2)21(27)13(3)30-25(22)32(19)11-14-8-9-15-17(10-14)24(28)35-23(15)16-6-5-7-18(29)20(16)26(33)34/h5-10H,4,11H2,1-3H3,(H,33,34). The molecule has 5 rings (SSSR count). The lowest BCUT2D eigenvalue weighted by Gasteiger charge is -2.10. The highest BCUT2D eigenvalue weighted by molar-refractivity contribution is 9.10. The summed E-state index contributed by atoms with van der Waals surface area (Å²) in [5.74, 6) is -0.920. The Bertz CT molecular complexity index is 1660. The fraction of sp³-hybridized carbons (Fsp3) is 0.192. The van der Waals surface area contributed by atoms with Crippen molar-refractivity contribution in [2.75, 3.05) is 0 Å². The Morgan fingerprint density at radius 2 is 1.91 bits per heavy atom. The van der Waals surface area contributed by atoms with Crippen LogP contribution in [0.1, 0.15) is 39.9 Å². The number of aryl methyl sites for hydroxylation is 3. The van der Waals surface area contributed by atoms with Gasteiger partial charge in [0.05, 0.1) is 12.2 Å². The molecule has 0 aliphatic carbocycles. The quantitative estimate of drug-likeness (QED) is 0.227. The number of furan rings is 1. The SMILES string of the molecule is CCc1nc2c(C)c(Br)c(C)nc2n1Cc1ccc2c(-c3cccc(F)c3C(=O)O)oc(Br)c2c1. The first-order valence-electron chi connectivity index (χ1n) is 11.0. The molecule has 0 fully saturated rings. The monoisotopic (exact) mass is 599 g/mol. The summed E-state index contributed by atoms with van der Waals surface area (Å²) in [5.41, 5.74) is 4.44.